The van der Waals surface area contributed by atoms with Gasteiger partial charge in [0.25, 0.3) is 0 Å². The maximum Gasteiger partial charge on any atom is 0.112 e. The molecule has 1 unspecified atom stereocenters. The molecule has 0 aromatic heterocycles. The Bertz CT molecular complexity index is 63.9. The highest BCUT2D eigenvalue weighted by Crippen LogP contribution is 2.07. The first-order chi connectivity index (χ1) is 4.16. The second kappa shape index (κ2) is 5.24. The first-order valence-corrected chi connectivity index (χ1v) is 4.34. The van der Waals surface area contributed by atoms with Gasteiger partial charge in [0.15, 0.2) is 0 Å². The molecule has 0 aromatic carbocycles. The molecule has 0 saturated heterocycles. The van der Waals surface area contributed by atoms with E-state index in [2.05, 4.69) is 36.7 Å². The Balaban J connectivity index is 3.06. The number of alkyl halides is 1. The van der Waals surface area contributed by atoms with Crippen molar-refractivity contribution in [1.82, 2.24) is 0 Å². The highest BCUT2D eigenvalue weighted by atomic mass is 79.9. The summed E-state index contributed by atoms with van der Waals surface area (Å²) >= 11 is 3.38. The Morgan fingerprint density at radius 1 is 1.44 bits per heavy atom. The highest BCUT2D eigenvalue weighted by molar-refractivity contribution is 9.09. The number of rotatable bonds is 4. The van der Waals surface area contributed by atoms with E-state index in [1.54, 1.807) is 0 Å². The molecule has 2 heteroatoms. The molecule has 0 spiro atoms. The normalized spacial score (nSPS) is 14.3. The molecule has 0 saturated carbocycles. The summed E-state index contributed by atoms with van der Waals surface area (Å²) in [7, 11) is 0. The van der Waals surface area contributed by atoms with Gasteiger partial charge in [-0.05, 0) is 12.3 Å². The molecular formula is C7H15BrO. The SMILES string of the molecule is CCC(Br)OCC(C)C. The average Bonchev–Trinajstić information content (AvgIpc) is 1.83. The van der Waals surface area contributed by atoms with E-state index in [1.807, 2.05) is 0 Å². The summed E-state index contributed by atoms with van der Waals surface area (Å²) in [6, 6.07) is 0. The number of ether oxygens (including phenoxy) is 1. The largest absolute Gasteiger partial charge is 0.367 e. The lowest BCUT2D eigenvalue weighted by Gasteiger charge is -2.10. The van der Waals surface area contributed by atoms with E-state index >= 15 is 0 Å². The van der Waals surface area contributed by atoms with Crippen LogP contribution in [0.3, 0.4) is 0 Å². The molecule has 0 fully saturated rings. The van der Waals surface area contributed by atoms with E-state index < -0.39 is 0 Å². The number of halogens is 1. The van der Waals surface area contributed by atoms with Crippen LogP contribution in [-0.2, 0) is 4.74 Å². The second-order valence-corrected chi connectivity index (χ2v) is 3.57. The molecule has 0 N–H and O–H groups in total. The lowest BCUT2D eigenvalue weighted by Crippen LogP contribution is -2.08. The zero-order valence-electron chi connectivity index (χ0n) is 6.36. The van der Waals surface area contributed by atoms with Gasteiger partial charge in [0.1, 0.15) is 5.01 Å². The summed E-state index contributed by atoms with van der Waals surface area (Å²) < 4.78 is 5.37. The monoisotopic (exact) mass is 194 g/mol. The predicted molar refractivity (Wildman–Crippen MR) is 43.8 cm³/mol. The molecule has 0 amide bonds. The molecule has 0 aliphatic heterocycles. The van der Waals surface area contributed by atoms with E-state index in [1.165, 1.54) is 0 Å². The average molecular weight is 195 g/mol. The van der Waals surface area contributed by atoms with Crippen LogP contribution in [0.4, 0.5) is 0 Å². The third-order valence-corrected chi connectivity index (χ3v) is 1.84. The molecule has 0 aliphatic rings. The van der Waals surface area contributed by atoms with Crippen LogP contribution in [0.15, 0.2) is 0 Å². The van der Waals surface area contributed by atoms with Crippen molar-refractivity contribution in [2.75, 3.05) is 6.61 Å². The van der Waals surface area contributed by atoms with Gasteiger partial charge in [-0.2, -0.15) is 0 Å². The zero-order valence-corrected chi connectivity index (χ0v) is 7.94. The third kappa shape index (κ3) is 6.32. The van der Waals surface area contributed by atoms with Gasteiger partial charge in [0, 0.05) is 0 Å². The smallest absolute Gasteiger partial charge is 0.112 e. The van der Waals surface area contributed by atoms with Crippen molar-refractivity contribution >= 4 is 15.9 Å². The molecule has 0 rings (SSSR count). The number of hydrogen-bond acceptors (Lipinski definition) is 1. The van der Waals surface area contributed by atoms with Crippen molar-refractivity contribution in [2.24, 2.45) is 5.92 Å². The Hall–Kier alpha value is 0.440. The van der Waals surface area contributed by atoms with Crippen LogP contribution < -0.4 is 0 Å². The highest BCUT2D eigenvalue weighted by Gasteiger charge is 2.00. The topological polar surface area (TPSA) is 9.23 Å². The molecule has 0 bridgehead atoms. The van der Waals surface area contributed by atoms with Crippen molar-refractivity contribution in [3.8, 4) is 0 Å². The maximum atomic E-state index is 5.37. The fourth-order valence-electron chi connectivity index (χ4n) is 0.415. The quantitative estimate of drug-likeness (QED) is 0.626. The summed E-state index contributed by atoms with van der Waals surface area (Å²) in [6.45, 7) is 7.24. The van der Waals surface area contributed by atoms with E-state index in [-0.39, 0.29) is 5.01 Å². The van der Waals surface area contributed by atoms with E-state index in [4.69, 9.17) is 4.74 Å². The van der Waals surface area contributed by atoms with Crippen molar-refractivity contribution in [2.45, 2.75) is 32.2 Å². The molecular weight excluding hydrogens is 180 g/mol. The Morgan fingerprint density at radius 2 is 2.00 bits per heavy atom. The molecule has 1 atom stereocenters. The lowest BCUT2D eigenvalue weighted by molar-refractivity contribution is 0.0921. The van der Waals surface area contributed by atoms with Gasteiger partial charge >= 0.3 is 0 Å². The van der Waals surface area contributed by atoms with Crippen LogP contribution in [0.5, 0.6) is 0 Å². The van der Waals surface area contributed by atoms with Gasteiger partial charge < -0.3 is 4.74 Å². The van der Waals surface area contributed by atoms with E-state index in [0.717, 1.165) is 13.0 Å². The molecule has 0 aliphatic carbocycles. The van der Waals surface area contributed by atoms with Gasteiger partial charge in [0.05, 0.1) is 6.61 Å². The summed E-state index contributed by atoms with van der Waals surface area (Å²) in [6.07, 6.45) is 1.03. The molecule has 9 heavy (non-hydrogen) atoms. The van der Waals surface area contributed by atoms with Crippen LogP contribution in [0.1, 0.15) is 27.2 Å². The van der Waals surface area contributed by atoms with Gasteiger partial charge in [0.2, 0.25) is 0 Å². The van der Waals surface area contributed by atoms with Crippen LogP contribution >= 0.6 is 15.9 Å². The summed E-state index contributed by atoms with van der Waals surface area (Å²) in [5.41, 5.74) is 0. The fourth-order valence-corrected chi connectivity index (χ4v) is 0.567. The van der Waals surface area contributed by atoms with Gasteiger partial charge in [-0.25, -0.2) is 0 Å². The minimum Gasteiger partial charge on any atom is -0.367 e. The van der Waals surface area contributed by atoms with Crippen LogP contribution in [-0.4, -0.2) is 11.6 Å². The van der Waals surface area contributed by atoms with Gasteiger partial charge in [-0.15, -0.1) is 0 Å². The van der Waals surface area contributed by atoms with Crippen molar-refractivity contribution < 1.29 is 4.74 Å². The minimum absolute atomic E-state index is 0.250. The summed E-state index contributed by atoms with van der Waals surface area (Å²) in [5, 5.41) is 0.250. The molecule has 0 radical (unpaired) electrons. The first kappa shape index (κ1) is 9.44. The standard InChI is InChI=1S/C7H15BrO/c1-4-7(8)9-5-6(2)3/h6-7H,4-5H2,1-3H3. The molecule has 0 heterocycles. The van der Waals surface area contributed by atoms with E-state index in [9.17, 15) is 0 Å². The van der Waals surface area contributed by atoms with Crippen molar-refractivity contribution in [3.05, 3.63) is 0 Å². The zero-order chi connectivity index (χ0) is 7.28. The lowest BCUT2D eigenvalue weighted by atomic mass is 10.2. The van der Waals surface area contributed by atoms with Crippen molar-refractivity contribution in [3.63, 3.8) is 0 Å². The van der Waals surface area contributed by atoms with Crippen LogP contribution in [0.25, 0.3) is 0 Å². The molecule has 0 aromatic rings. The molecule has 1 nitrogen and oxygen atoms in total. The second-order valence-electron chi connectivity index (χ2n) is 2.55. The number of hydrogen-bond donors (Lipinski definition) is 0. The minimum atomic E-state index is 0.250. The summed E-state index contributed by atoms with van der Waals surface area (Å²) in [4.78, 5) is 0. The maximum absolute atomic E-state index is 5.37. The Morgan fingerprint density at radius 3 is 2.33 bits per heavy atom. The Labute approximate surface area is 65.9 Å². The van der Waals surface area contributed by atoms with Crippen LogP contribution in [0, 0.1) is 5.92 Å². The fraction of sp³-hybridized carbons (Fsp3) is 1.00. The third-order valence-electron chi connectivity index (χ3n) is 0.931. The predicted octanol–water partition coefficient (Wildman–Crippen LogP) is 2.79. The van der Waals surface area contributed by atoms with Crippen LogP contribution in [0.2, 0.25) is 0 Å². The van der Waals surface area contributed by atoms with Crippen molar-refractivity contribution in [1.29, 1.82) is 0 Å². The van der Waals surface area contributed by atoms with Gasteiger partial charge in [-0.1, -0.05) is 36.7 Å². The summed E-state index contributed by atoms with van der Waals surface area (Å²) in [5.74, 6) is 0.636. The Kier molecular flexibility index (Phi) is 5.50. The first-order valence-electron chi connectivity index (χ1n) is 3.42. The van der Waals surface area contributed by atoms with Gasteiger partial charge in [-0.3, -0.25) is 0 Å². The molecule has 56 valence electrons. The van der Waals surface area contributed by atoms with E-state index in [0.29, 0.717) is 5.92 Å².